The van der Waals surface area contributed by atoms with Gasteiger partial charge >= 0.3 is 0 Å². The molecule has 0 atom stereocenters. The van der Waals surface area contributed by atoms with Crippen LogP contribution in [-0.2, 0) is 6.54 Å². The first-order valence-corrected chi connectivity index (χ1v) is 5.07. The van der Waals surface area contributed by atoms with Gasteiger partial charge in [-0.2, -0.15) is 0 Å². The summed E-state index contributed by atoms with van der Waals surface area (Å²) >= 11 is 5.76. The van der Waals surface area contributed by atoms with Crippen LogP contribution in [0, 0.1) is 5.82 Å². The molecule has 1 aromatic heterocycles. The molecule has 0 aliphatic rings. The maximum Gasteiger partial charge on any atom is 0.146 e. The molecule has 1 aromatic carbocycles. The average Bonchev–Trinajstić information content (AvgIpc) is 2.32. The molecule has 0 fully saturated rings. The second-order valence-corrected chi connectivity index (χ2v) is 3.61. The van der Waals surface area contributed by atoms with E-state index in [0.29, 0.717) is 17.3 Å². The average molecular weight is 238 g/mol. The van der Waals surface area contributed by atoms with Crippen molar-refractivity contribution in [1.29, 1.82) is 0 Å². The smallest absolute Gasteiger partial charge is 0.146 e. The van der Waals surface area contributed by atoms with Gasteiger partial charge in [0, 0.05) is 17.4 Å². The number of benzene rings is 1. The standard InChI is InChI=1S/C11H9ClFN3/c12-8-1-2-10(13)11(5-8)16-7-9-6-14-3-4-15-9/h1-6,16H,7H2. The van der Waals surface area contributed by atoms with Gasteiger partial charge < -0.3 is 5.32 Å². The van der Waals surface area contributed by atoms with Crippen molar-refractivity contribution in [3.05, 3.63) is 53.3 Å². The summed E-state index contributed by atoms with van der Waals surface area (Å²) in [5, 5.41) is 3.40. The van der Waals surface area contributed by atoms with Crippen LogP contribution in [0.5, 0.6) is 0 Å². The number of nitrogens with one attached hydrogen (secondary N) is 1. The normalized spacial score (nSPS) is 10.1. The summed E-state index contributed by atoms with van der Waals surface area (Å²) in [5.74, 6) is -0.340. The van der Waals surface area contributed by atoms with Gasteiger partial charge in [0.05, 0.1) is 24.1 Å². The lowest BCUT2D eigenvalue weighted by atomic mass is 10.3. The fraction of sp³-hybridized carbons (Fsp3) is 0.0909. The molecule has 0 saturated heterocycles. The first-order valence-electron chi connectivity index (χ1n) is 4.69. The van der Waals surface area contributed by atoms with Gasteiger partial charge in [0.2, 0.25) is 0 Å². The Morgan fingerprint density at radius 1 is 1.31 bits per heavy atom. The van der Waals surface area contributed by atoms with Gasteiger partial charge in [0.15, 0.2) is 0 Å². The van der Waals surface area contributed by atoms with Gasteiger partial charge in [0.1, 0.15) is 5.82 Å². The molecule has 0 spiro atoms. The molecule has 0 saturated carbocycles. The van der Waals surface area contributed by atoms with Crippen molar-refractivity contribution in [1.82, 2.24) is 9.97 Å². The number of rotatable bonds is 3. The van der Waals surface area contributed by atoms with Crippen LogP contribution in [0.1, 0.15) is 5.69 Å². The second-order valence-electron chi connectivity index (χ2n) is 3.17. The summed E-state index contributed by atoms with van der Waals surface area (Å²) in [7, 11) is 0. The van der Waals surface area contributed by atoms with Crippen LogP contribution in [0.3, 0.4) is 0 Å². The van der Waals surface area contributed by atoms with E-state index in [0.717, 1.165) is 5.69 Å². The summed E-state index contributed by atoms with van der Waals surface area (Å²) in [6, 6.07) is 4.36. The van der Waals surface area contributed by atoms with Gasteiger partial charge in [-0.15, -0.1) is 0 Å². The lowest BCUT2D eigenvalue weighted by Gasteiger charge is -2.06. The van der Waals surface area contributed by atoms with Gasteiger partial charge in [-0.1, -0.05) is 11.6 Å². The SMILES string of the molecule is Fc1ccc(Cl)cc1NCc1cnccn1. The molecule has 0 radical (unpaired) electrons. The Bertz CT molecular complexity index is 476. The number of hydrogen-bond acceptors (Lipinski definition) is 3. The van der Waals surface area contributed by atoms with E-state index >= 15 is 0 Å². The van der Waals surface area contributed by atoms with Gasteiger partial charge in [-0.25, -0.2) is 4.39 Å². The highest BCUT2D eigenvalue weighted by Crippen LogP contribution is 2.19. The minimum absolute atomic E-state index is 0.340. The molecular formula is C11H9ClFN3. The molecular weight excluding hydrogens is 229 g/mol. The Morgan fingerprint density at radius 2 is 2.19 bits per heavy atom. The third-order valence-electron chi connectivity index (χ3n) is 2.01. The summed E-state index contributed by atoms with van der Waals surface area (Å²) in [6.07, 6.45) is 4.80. The molecule has 1 heterocycles. The monoisotopic (exact) mass is 237 g/mol. The predicted octanol–water partition coefficient (Wildman–Crippen LogP) is 2.88. The number of hydrogen-bond donors (Lipinski definition) is 1. The van der Waals surface area contributed by atoms with Crippen molar-refractivity contribution in [2.24, 2.45) is 0 Å². The van der Waals surface area contributed by atoms with E-state index < -0.39 is 0 Å². The van der Waals surface area contributed by atoms with Crippen LogP contribution in [-0.4, -0.2) is 9.97 Å². The Labute approximate surface area is 97.3 Å². The summed E-state index contributed by atoms with van der Waals surface area (Å²) in [4.78, 5) is 7.98. The van der Waals surface area contributed by atoms with E-state index in [1.807, 2.05) is 0 Å². The molecule has 0 aliphatic carbocycles. The van der Waals surface area contributed by atoms with E-state index in [2.05, 4.69) is 15.3 Å². The Hall–Kier alpha value is -1.68. The van der Waals surface area contributed by atoms with E-state index in [-0.39, 0.29) is 5.82 Å². The lowest BCUT2D eigenvalue weighted by Crippen LogP contribution is -2.03. The van der Waals surface area contributed by atoms with Crippen molar-refractivity contribution in [3.8, 4) is 0 Å². The van der Waals surface area contributed by atoms with Gasteiger partial charge in [0.25, 0.3) is 0 Å². The zero-order valence-corrected chi connectivity index (χ0v) is 9.08. The molecule has 0 unspecified atom stereocenters. The molecule has 82 valence electrons. The maximum absolute atomic E-state index is 13.3. The van der Waals surface area contributed by atoms with Crippen molar-refractivity contribution in [3.63, 3.8) is 0 Å². The number of halogens is 2. The Morgan fingerprint density at radius 3 is 2.94 bits per heavy atom. The van der Waals surface area contributed by atoms with Crippen LogP contribution >= 0.6 is 11.6 Å². The van der Waals surface area contributed by atoms with Crippen LogP contribution in [0.4, 0.5) is 10.1 Å². The molecule has 2 rings (SSSR count). The van der Waals surface area contributed by atoms with E-state index in [4.69, 9.17) is 11.6 Å². The molecule has 5 heteroatoms. The fourth-order valence-corrected chi connectivity index (χ4v) is 1.41. The van der Waals surface area contributed by atoms with Crippen LogP contribution < -0.4 is 5.32 Å². The fourth-order valence-electron chi connectivity index (χ4n) is 1.24. The van der Waals surface area contributed by atoms with E-state index in [9.17, 15) is 4.39 Å². The van der Waals surface area contributed by atoms with Crippen molar-refractivity contribution in [2.75, 3.05) is 5.32 Å². The van der Waals surface area contributed by atoms with Crippen molar-refractivity contribution in [2.45, 2.75) is 6.54 Å². The van der Waals surface area contributed by atoms with Gasteiger partial charge in [-0.05, 0) is 18.2 Å². The third kappa shape index (κ3) is 2.67. The highest BCUT2D eigenvalue weighted by molar-refractivity contribution is 6.30. The summed E-state index contributed by atoms with van der Waals surface area (Å²) < 4.78 is 13.3. The molecule has 3 nitrogen and oxygen atoms in total. The van der Waals surface area contributed by atoms with Gasteiger partial charge in [-0.3, -0.25) is 9.97 Å². The minimum atomic E-state index is -0.340. The molecule has 16 heavy (non-hydrogen) atoms. The minimum Gasteiger partial charge on any atom is -0.377 e. The number of nitrogens with zero attached hydrogens (tertiary/aromatic N) is 2. The quantitative estimate of drug-likeness (QED) is 0.892. The Kier molecular flexibility index (Phi) is 3.31. The van der Waals surface area contributed by atoms with Crippen LogP contribution in [0.15, 0.2) is 36.8 Å². The zero-order chi connectivity index (χ0) is 11.4. The van der Waals surface area contributed by atoms with Crippen molar-refractivity contribution < 1.29 is 4.39 Å². The lowest BCUT2D eigenvalue weighted by molar-refractivity contribution is 0.630. The zero-order valence-electron chi connectivity index (χ0n) is 8.32. The highest BCUT2D eigenvalue weighted by Gasteiger charge is 2.02. The molecule has 0 amide bonds. The largest absolute Gasteiger partial charge is 0.377 e. The Balaban J connectivity index is 2.08. The maximum atomic E-state index is 13.3. The van der Waals surface area contributed by atoms with E-state index in [1.165, 1.54) is 18.2 Å². The summed E-state index contributed by atoms with van der Waals surface area (Å²) in [5.41, 5.74) is 1.10. The van der Waals surface area contributed by atoms with E-state index in [1.54, 1.807) is 18.6 Å². The molecule has 2 aromatic rings. The highest BCUT2D eigenvalue weighted by atomic mass is 35.5. The molecule has 0 bridgehead atoms. The van der Waals surface area contributed by atoms with Crippen LogP contribution in [0.2, 0.25) is 5.02 Å². The number of anilines is 1. The summed E-state index contributed by atoms with van der Waals surface area (Å²) in [6.45, 7) is 0.408. The van der Waals surface area contributed by atoms with Crippen molar-refractivity contribution >= 4 is 17.3 Å². The first kappa shape index (κ1) is 10.8. The van der Waals surface area contributed by atoms with Crippen LogP contribution in [0.25, 0.3) is 0 Å². The molecule has 0 aliphatic heterocycles. The predicted molar refractivity (Wildman–Crippen MR) is 60.8 cm³/mol. The third-order valence-corrected chi connectivity index (χ3v) is 2.24. The topological polar surface area (TPSA) is 37.8 Å². The second kappa shape index (κ2) is 4.90. The molecule has 1 N–H and O–H groups in total. The first-order chi connectivity index (χ1) is 7.75. The number of aromatic nitrogens is 2.